The molecule has 0 aliphatic carbocycles. The Morgan fingerprint density at radius 3 is 2.56 bits per heavy atom. The molecule has 1 amide bonds. The highest BCUT2D eigenvalue weighted by Gasteiger charge is 2.37. The van der Waals surface area contributed by atoms with Crippen molar-refractivity contribution in [2.45, 2.75) is 13.2 Å². The van der Waals surface area contributed by atoms with E-state index in [1.807, 2.05) is 42.5 Å². The Labute approximate surface area is 154 Å². The number of hydrogen-bond acceptors (Lipinski definition) is 5. The minimum atomic E-state index is -0.988. The van der Waals surface area contributed by atoms with Crippen LogP contribution in [0.3, 0.4) is 0 Å². The molecule has 134 valence electrons. The van der Waals surface area contributed by atoms with Crippen molar-refractivity contribution in [2.75, 3.05) is 0 Å². The van der Waals surface area contributed by atoms with Crippen LogP contribution in [0, 0.1) is 10.1 Å². The molecule has 1 aliphatic rings. The fourth-order valence-corrected chi connectivity index (χ4v) is 3.15. The molecule has 1 aliphatic heterocycles. The smallest absolute Gasteiger partial charge is 0.278 e. The van der Waals surface area contributed by atoms with E-state index in [9.17, 15) is 14.9 Å². The average Bonchev–Trinajstić information content (AvgIpc) is 3.13. The molecule has 0 unspecified atom stereocenters. The SMILES string of the molecule is CC(=O)N1N=C(c2cccc3ccccc23)O[C@@H]1c1ccccc1[N+](=O)[O-]. The molecule has 7 nitrogen and oxygen atoms in total. The Hall–Kier alpha value is -3.74. The molecular formula is C20H15N3O4. The summed E-state index contributed by atoms with van der Waals surface area (Å²) in [5, 5.41) is 18.8. The Bertz CT molecular complexity index is 1090. The van der Waals surface area contributed by atoms with Crippen LogP contribution in [0.15, 0.2) is 71.8 Å². The van der Waals surface area contributed by atoms with E-state index in [-0.39, 0.29) is 23.1 Å². The van der Waals surface area contributed by atoms with Crippen LogP contribution in [-0.4, -0.2) is 21.7 Å². The molecule has 1 atom stereocenters. The Morgan fingerprint density at radius 1 is 1.07 bits per heavy atom. The van der Waals surface area contributed by atoms with Crippen LogP contribution >= 0.6 is 0 Å². The average molecular weight is 361 g/mol. The van der Waals surface area contributed by atoms with Gasteiger partial charge in [0.05, 0.1) is 10.5 Å². The van der Waals surface area contributed by atoms with Crippen molar-refractivity contribution in [2.24, 2.45) is 5.10 Å². The van der Waals surface area contributed by atoms with Crippen molar-refractivity contribution in [1.82, 2.24) is 5.01 Å². The summed E-state index contributed by atoms with van der Waals surface area (Å²) >= 11 is 0. The van der Waals surface area contributed by atoms with Gasteiger partial charge in [-0.25, -0.2) is 0 Å². The number of hydrazone groups is 1. The fraction of sp³-hybridized carbons (Fsp3) is 0.100. The predicted molar refractivity (Wildman–Crippen MR) is 99.9 cm³/mol. The van der Waals surface area contributed by atoms with Gasteiger partial charge in [-0.1, -0.05) is 48.5 Å². The number of amides is 1. The maximum atomic E-state index is 12.1. The molecule has 4 rings (SSSR count). The minimum Gasteiger partial charge on any atom is -0.445 e. The van der Waals surface area contributed by atoms with Crippen molar-refractivity contribution in [1.29, 1.82) is 0 Å². The van der Waals surface area contributed by atoms with Gasteiger partial charge in [0.2, 0.25) is 18.0 Å². The van der Waals surface area contributed by atoms with Gasteiger partial charge < -0.3 is 4.74 Å². The lowest BCUT2D eigenvalue weighted by molar-refractivity contribution is -0.386. The second-order valence-corrected chi connectivity index (χ2v) is 6.08. The molecule has 0 saturated carbocycles. The molecule has 7 heteroatoms. The Kier molecular flexibility index (Phi) is 4.04. The third-order valence-electron chi connectivity index (χ3n) is 4.39. The van der Waals surface area contributed by atoms with Crippen LogP contribution in [0.25, 0.3) is 10.8 Å². The third kappa shape index (κ3) is 2.89. The number of carbonyl (C=O) groups is 1. The highest BCUT2D eigenvalue weighted by atomic mass is 16.6. The summed E-state index contributed by atoms with van der Waals surface area (Å²) in [5.74, 6) is -0.112. The zero-order valence-electron chi connectivity index (χ0n) is 14.4. The van der Waals surface area contributed by atoms with E-state index in [2.05, 4.69) is 5.10 Å². The lowest BCUT2D eigenvalue weighted by Gasteiger charge is -2.19. The van der Waals surface area contributed by atoms with E-state index in [1.54, 1.807) is 18.2 Å². The van der Waals surface area contributed by atoms with E-state index in [0.717, 1.165) is 21.3 Å². The van der Waals surface area contributed by atoms with E-state index in [4.69, 9.17) is 4.74 Å². The van der Waals surface area contributed by atoms with E-state index >= 15 is 0 Å². The number of rotatable bonds is 3. The zero-order chi connectivity index (χ0) is 19.0. The predicted octanol–water partition coefficient (Wildman–Crippen LogP) is 3.99. The first-order chi connectivity index (χ1) is 13.1. The number of para-hydroxylation sites is 1. The maximum absolute atomic E-state index is 12.1. The van der Waals surface area contributed by atoms with Gasteiger partial charge in [0, 0.05) is 18.6 Å². The standard InChI is InChI=1S/C20H15N3O4/c1-13(24)22-20(17-10-4-5-12-18(17)23(25)26)27-19(21-22)16-11-6-8-14-7-2-3-9-15(14)16/h2-12,20H,1H3/t20-/m1/s1. The highest BCUT2D eigenvalue weighted by molar-refractivity contribution is 6.07. The van der Waals surface area contributed by atoms with Crippen LogP contribution < -0.4 is 0 Å². The summed E-state index contributed by atoms with van der Waals surface area (Å²) in [5.41, 5.74) is 0.875. The minimum absolute atomic E-state index is 0.122. The highest BCUT2D eigenvalue weighted by Crippen LogP contribution is 2.36. The Balaban J connectivity index is 1.81. The monoisotopic (exact) mass is 361 g/mol. The first-order valence-corrected chi connectivity index (χ1v) is 8.33. The lowest BCUT2D eigenvalue weighted by atomic mass is 10.0. The van der Waals surface area contributed by atoms with Crippen molar-refractivity contribution >= 4 is 28.3 Å². The number of fused-ring (bicyclic) bond motifs is 1. The topological polar surface area (TPSA) is 85.0 Å². The summed E-state index contributed by atoms with van der Waals surface area (Å²) in [6.07, 6.45) is -0.988. The second kappa shape index (κ2) is 6.53. The van der Waals surface area contributed by atoms with Gasteiger partial charge in [-0.15, -0.1) is 5.10 Å². The van der Waals surface area contributed by atoms with Crippen LogP contribution in [0.5, 0.6) is 0 Å². The van der Waals surface area contributed by atoms with Gasteiger partial charge in [0.15, 0.2) is 0 Å². The molecule has 0 N–H and O–H groups in total. The van der Waals surface area contributed by atoms with Crippen molar-refractivity contribution in [3.63, 3.8) is 0 Å². The molecule has 0 fully saturated rings. The van der Waals surface area contributed by atoms with Crippen molar-refractivity contribution in [3.8, 4) is 0 Å². The van der Waals surface area contributed by atoms with Crippen molar-refractivity contribution < 1.29 is 14.5 Å². The summed E-state index contributed by atoms with van der Waals surface area (Å²) < 4.78 is 5.96. The molecule has 27 heavy (non-hydrogen) atoms. The Morgan fingerprint density at radius 2 is 1.78 bits per heavy atom. The summed E-state index contributed by atoms with van der Waals surface area (Å²) in [7, 11) is 0. The number of nitrogens with zero attached hydrogens (tertiary/aromatic N) is 3. The first-order valence-electron chi connectivity index (χ1n) is 8.33. The summed E-state index contributed by atoms with van der Waals surface area (Å²) in [6.45, 7) is 1.35. The van der Waals surface area contributed by atoms with E-state index < -0.39 is 11.2 Å². The van der Waals surface area contributed by atoms with Crippen LogP contribution in [0.1, 0.15) is 24.3 Å². The summed E-state index contributed by atoms with van der Waals surface area (Å²) in [6, 6.07) is 19.6. The number of nitro groups is 1. The number of carbonyl (C=O) groups excluding carboxylic acids is 1. The van der Waals surface area contributed by atoms with Crippen LogP contribution in [0.2, 0.25) is 0 Å². The maximum Gasteiger partial charge on any atom is 0.278 e. The van der Waals surface area contributed by atoms with E-state index in [1.165, 1.54) is 13.0 Å². The molecule has 0 bridgehead atoms. The largest absolute Gasteiger partial charge is 0.445 e. The molecule has 0 aromatic heterocycles. The van der Waals surface area contributed by atoms with Crippen molar-refractivity contribution in [3.05, 3.63) is 88.0 Å². The molecular weight excluding hydrogens is 346 g/mol. The molecule has 3 aromatic rings. The molecule has 0 radical (unpaired) electrons. The summed E-state index contributed by atoms with van der Waals surface area (Å²) in [4.78, 5) is 23.0. The lowest BCUT2D eigenvalue weighted by Crippen LogP contribution is -2.25. The number of hydrogen-bond donors (Lipinski definition) is 0. The number of benzene rings is 3. The zero-order valence-corrected chi connectivity index (χ0v) is 14.4. The fourth-order valence-electron chi connectivity index (χ4n) is 3.15. The van der Waals surface area contributed by atoms with Gasteiger partial charge in [-0.3, -0.25) is 14.9 Å². The number of nitro benzene ring substituents is 1. The molecule has 3 aromatic carbocycles. The quantitative estimate of drug-likeness (QED) is 0.521. The molecule has 0 spiro atoms. The molecule has 1 heterocycles. The second-order valence-electron chi connectivity index (χ2n) is 6.08. The first kappa shape index (κ1) is 16.7. The van der Waals surface area contributed by atoms with Gasteiger partial charge in [-0.05, 0) is 22.9 Å². The van der Waals surface area contributed by atoms with Gasteiger partial charge in [0.1, 0.15) is 0 Å². The normalized spacial score (nSPS) is 16.1. The van der Waals surface area contributed by atoms with Gasteiger partial charge in [0.25, 0.3) is 5.69 Å². The van der Waals surface area contributed by atoms with Gasteiger partial charge in [-0.2, -0.15) is 5.01 Å². The number of ether oxygens (including phenoxy) is 1. The molecule has 0 saturated heterocycles. The third-order valence-corrected chi connectivity index (χ3v) is 4.39. The van der Waals surface area contributed by atoms with Crippen LogP contribution in [0.4, 0.5) is 5.69 Å². The van der Waals surface area contributed by atoms with E-state index in [0.29, 0.717) is 0 Å². The van der Waals surface area contributed by atoms with Crippen LogP contribution in [-0.2, 0) is 9.53 Å². The van der Waals surface area contributed by atoms with Gasteiger partial charge >= 0.3 is 0 Å².